The predicted octanol–water partition coefficient (Wildman–Crippen LogP) is 1.95. The molecule has 0 aromatic rings. The highest BCUT2D eigenvalue weighted by molar-refractivity contribution is 4.67. The SMILES string of the molecule is CC(C)CN(C)CCC(N)C(C)C. The maximum Gasteiger partial charge on any atom is 0.00740 e. The van der Waals surface area contributed by atoms with Gasteiger partial charge in [0.15, 0.2) is 0 Å². The van der Waals surface area contributed by atoms with Crippen LogP contribution in [0.2, 0.25) is 0 Å². The van der Waals surface area contributed by atoms with Gasteiger partial charge in [-0.25, -0.2) is 0 Å². The number of nitrogens with two attached hydrogens (primary N) is 1. The second-order valence-electron chi connectivity index (χ2n) is 4.85. The van der Waals surface area contributed by atoms with Crippen molar-refractivity contribution in [3.63, 3.8) is 0 Å². The van der Waals surface area contributed by atoms with Gasteiger partial charge < -0.3 is 10.6 Å². The van der Waals surface area contributed by atoms with Crippen molar-refractivity contribution in [2.24, 2.45) is 17.6 Å². The van der Waals surface area contributed by atoms with Gasteiger partial charge in [-0.2, -0.15) is 0 Å². The van der Waals surface area contributed by atoms with Crippen molar-refractivity contribution in [2.45, 2.75) is 40.2 Å². The molecule has 13 heavy (non-hydrogen) atoms. The Balaban J connectivity index is 3.51. The molecule has 0 rings (SSSR count). The van der Waals surface area contributed by atoms with Crippen molar-refractivity contribution in [1.82, 2.24) is 4.90 Å². The molecule has 1 atom stereocenters. The van der Waals surface area contributed by atoms with Crippen LogP contribution in [0.15, 0.2) is 0 Å². The number of rotatable bonds is 6. The van der Waals surface area contributed by atoms with Crippen LogP contribution in [-0.2, 0) is 0 Å². The van der Waals surface area contributed by atoms with Crippen molar-refractivity contribution < 1.29 is 0 Å². The fourth-order valence-corrected chi connectivity index (χ4v) is 1.42. The standard InChI is InChI=1S/C11H26N2/c1-9(2)8-13(5)7-6-11(12)10(3)4/h9-11H,6-8,12H2,1-5H3. The summed E-state index contributed by atoms with van der Waals surface area (Å²) in [6, 6.07) is 0.356. The molecule has 80 valence electrons. The Hall–Kier alpha value is -0.0800. The highest BCUT2D eigenvalue weighted by Gasteiger charge is 2.09. The van der Waals surface area contributed by atoms with Gasteiger partial charge in [-0.3, -0.25) is 0 Å². The molecule has 0 aliphatic carbocycles. The second-order valence-corrected chi connectivity index (χ2v) is 4.85. The van der Waals surface area contributed by atoms with Gasteiger partial charge in [0, 0.05) is 12.6 Å². The zero-order valence-electron chi connectivity index (χ0n) is 9.88. The lowest BCUT2D eigenvalue weighted by molar-refractivity contribution is 0.274. The van der Waals surface area contributed by atoms with Crippen LogP contribution in [-0.4, -0.2) is 31.1 Å². The van der Waals surface area contributed by atoms with Crippen LogP contribution < -0.4 is 5.73 Å². The van der Waals surface area contributed by atoms with Crippen molar-refractivity contribution >= 4 is 0 Å². The summed E-state index contributed by atoms with van der Waals surface area (Å²) in [6.45, 7) is 11.2. The maximum absolute atomic E-state index is 5.97. The summed E-state index contributed by atoms with van der Waals surface area (Å²) in [7, 11) is 2.17. The first-order valence-electron chi connectivity index (χ1n) is 5.37. The minimum absolute atomic E-state index is 0.356. The lowest BCUT2D eigenvalue weighted by Crippen LogP contribution is -2.33. The van der Waals surface area contributed by atoms with E-state index in [0.29, 0.717) is 12.0 Å². The van der Waals surface area contributed by atoms with Gasteiger partial charge in [-0.1, -0.05) is 27.7 Å². The highest BCUT2D eigenvalue weighted by Crippen LogP contribution is 2.04. The fourth-order valence-electron chi connectivity index (χ4n) is 1.42. The summed E-state index contributed by atoms with van der Waals surface area (Å²) >= 11 is 0. The van der Waals surface area contributed by atoms with Gasteiger partial charge in [0.1, 0.15) is 0 Å². The van der Waals surface area contributed by atoms with Gasteiger partial charge in [0.2, 0.25) is 0 Å². The van der Waals surface area contributed by atoms with Gasteiger partial charge in [0.05, 0.1) is 0 Å². The maximum atomic E-state index is 5.97. The van der Waals surface area contributed by atoms with E-state index >= 15 is 0 Å². The van der Waals surface area contributed by atoms with Gasteiger partial charge in [-0.05, 0) is 31.8 Å². The third-order valence-electron chi connectivity index (χ3n) is 2.38. The molecule has 0 aliphatic rings. The molecule has 0 aromatic heterocycles. The Morgan fingerprint density at radius 3 is 2.08 bits per heavy atom. The molecule has 0 aromatic carbocycles. The molecule has 0 aliphatic heterocycles. The summed E-state index contributed by atoms with van der Waals surface area (Å²) in [5.74, 6) is 1.35. The third-order valence-corrected chi connectivity index (χ3v) is 2.38. The molecule has 2 heteroatoms. The third kappa shape index (κ3) is 7.03. The van der Waals surface area contributed by atoms with E-state index in [1.807, 2.05) is 0 Å². The Morgan fingerprint density at radius 2 is 1.69 bits per heavy atom. The van der Waals surface area contributed by atoms with E-state index in [2.05, 4.69) is 39.6 Å². The lowest BCUT2D eigenvalue weighted by atomic mass is 10.0. The first-order chi connectivity index (χ1) is 5.93. The normalized spacial score (nSPS) is 14.5. The van der Waals surface area contributed by atoms with E-state index in [0.717, 1.165) is 18.9 Å². The minimum atomic E-state index is 0.356. The zero-order chi connectivity index (χ0) is 10.4. The van der Waals surface area contributed by atoms with E-state index in [1.165, 1.54) is 6.54 Å². The minimum Gasteiger partial charge on any atom is -0.327 e. The average molecular weight is 186 g/mol. The van der Waals surface area contributed by atoms with Crippen molar-refractivity contribution in [2.75, 3.05) is 20.1 Å². The van der Waals surface area contributed by atoms with Crippen LogP contribution in [0, 0.1) is 11.8 Å². The van der Waals surface area contributed by atoms with Gasteiger partial charge >= 0.3 is 0 Å². The molecule has 0 fully saturated rings. The molecule has 0 saturated heterocycles. The van der Waals surface area contributed by atoms with E-state index in [9.17, 15) is 0 Å². The summed E-state index contributed by atoms with van der Waals surface area (Å²) in [5.41, 5.74) is 5.97. The van der Waals surface area contributed by atoms with Crippen LogP contribution in [0.25, 0.3) is 0 Å². The van der Waals surface area contributed by atoms with Crippen LogP contribution in [0.1, 0.15) is 34.1 Å². The number of hydrogen-bond donors (Lipinski definition) is 1. The summed E-state index contributed by atoms with van der Waals surface area (Å²) in [6.07, 6.45) is 1.11. The Morgan fingerprint density at radius 1 is 1.15 bits per heavy atom. The van der Waals surface area contributed by atoms with Crippen LogP contribution in [0.4, 0.5) is 0 Å². The topological polar surface area (TPSA) is 29.3 Å². The Bertz CT molecular complexity index is 121. The second kappa shape index (κ2) is 6.39. The van der Waals surface area contributed by atoms with E-state index in [1.54, 1.807) is 0 Å². The molecule has 0 heterocycles. The predicted molar refractivity (Wildman–Crippen MR) is 59.8 cm³/mol. The fraction of sp³-hybridized carbons (Fsp3) is 1.00. The van der Waals surface area contributed by atoms with E-state index in [-0.39, 0.29) is 0 Å². The van der Waals surface area contributed by atoms with Crippen LogP contribution >= 0.6 is 0 Å². The lowest BCUT2D eigenvalue weighted by Gasteiger charge is -2.22. The first kappa shape index (κ1) is 12.9. The average Bonchev–Trinajstić information content (AvgIpc) is 1.98. The van der Waals surface area contributed by atoms with Crippen molar-refractivity contribution in [1.29, 1.82) is 0 Å². The summed E-state index contributed by atoms with van der Waals surface area (Å²) in [4.78, 5) is 2.37. The molecule has 0 amide bonds. The van der Waals surface area contributed by atoms with Crippen LogP contribution in [0.5, 0.6) is 0 Å². The summed E-state index contributed by atoms with van der Waals surface area (Å²) < 4.78 is 0. The number of nitrogens with zero attached hydrogens (tertiary/aromatic N) is 1. The quantitative estimate of drug-likeness (QED) is 0.687. The molecule has 2 N–H and O–H groups in total. The monoisotopic (exact) mass is 186 g/mol. The first-order valence-corrected chi connectivity index (χ1v) is 5.37. The molecular weight excluding hydrogens is 160 g/mol. The molecule has 0 saturated carbocycles. The van der Waals surface area contributed by atoms with Crippen LogP contribution in [0.3, 0.4) is 0 Å². The van der Waals surface area contributed by atoms with Gasteiger partial charge in [-0.15, -0.1) is 0 Å². The molecule has 2 nitrogen and oxygen atoms in total. The molecular formula is C11H26N2. The molecule has 0 spiro atoms. The highest BCUT2D eigenvalue weighted by atomic mass is 15.1. The summed E-state index contributed by atoms with van der Waals surface area (Å²) in [5, 5.41) is 0. The Kier molecular flexibility index (Phi) is 6.35. The zero-order valence-corrected chi connectivity index (χ0v) is 9.88. The van der Waals surface area contributed by atoms with Crippen molar-refractivity contribution in [3.8, 4) is 0 Å². The largest absolute Gasteiger partial charge is 0.327 e. The smallest absolute Gasteiger partial charge is 0.00740 e. The van der Waals surface area contributed by atoms with E-state index < -0.39 is 0 Å². The van der Waals surface area contributed by atoms with Gasteiger partial charge in [0.25, 0.3) is 0 Å². The number of hydrogen-bond acceptors (Lipinski definition) is 2. The molecule has 1 unspecified atom stereocenters. The van der Waals surface area contributed by atoms with E-state index in [4.69, 9.17) is 5.73 Å². The molecule has 0 radical (unpaired) electrons. The Labute approximate surface area is 83.5 Å². The molecule has 0 bridgehead atoms. The van der Waals surface area contributed by atoms with Crippen molar-refractivity contribution in [3.05, 3.63) is 0 Å².